The fraction of sp³-hybridized carbons (Fsp3) is 0.250. The highest BCUT2D eigenvalue weighted by atomic mass is 35.5. The molecule has 0 saturated carbocycles. The first-order chi connectivity index (χ1) is 8.11. The highest BCUT2D eigenvalue weighted by Gasteiger charge is 2.12. The summed E-state index contributed by atoms with van der Waals surface area (Å²) in [5.74, 6) is 0. The molecule has 0 spiro atoms. The smallest absolute Gasteiger partial charge is 0.125 e. The van der Waals surface area contributed by atoms with E-state index >= 15 is 0 Å². The molecule has 0 amide bonds. The molecule has 0 aliphatic carbocycles. The van der Waals surface area contributed by atoms with E-state index in [-0.39, 0.29) is 0 Å². The van der Waals surface area contributed by atoms with Crippen LogP contribution in [0.5, 0.6) is 0 Å². The molecule has 2 nitrogen and oxygen atoms in total. The fourth-order valence-electron chi connectivity index (χ4n) is 1.41. The Kier molecular flexibility index (Phi) is 4.05. The van der Waals surface area contributed by atoms with Crippen molar-refractivity contribution >= 4 is 34.5 Å². The van der Waals surface area contributed by atoms with Crippen molar-refractivity contribution in [1.29, 1.82) is 0 Å². The minimum atomic E-state index is 0.291. The topological polar surface area (TPSA) is 24.9 Å². The second kappa shape index (κ2) is 5.36. The Hall–Kier alpha value is -0.610. The van der Waals surface area contributed by atoms with Gasteiger partial charge in [0.05, 0.1) is 5.02 Å². The average molecular weight is 287 g/mol. The molecule has 1 N–H and O–H groups in total. The quantitative estimate of drug-likeness (QED) is 0.905. The summed E-state index contributed by atoms with van der Waals surface area (Å²) in [6, 6.07) is 5.70. The van der Waals surface area contributed by atoms with Gasteiger partial charge in [0.1, 0.15) is 5.01 Å². The number of nitrogens with one attached hydrogen (secondary N) is 1. The molecule has 1 heterocycles. The molecular formula is C12H12Cl2N2S. The maximum Gasteiger partial charge on any atom is 0.125 e. The summed E-state index contributed by atoms with van der Waals surface area (Å²) >= 11 is 13.7. The lowest BCUT2D eigenvalue weighted by molar-refractivity contribution is 0.662. The molecule has 0 radical (unpaired) electrons. The van der Waals surface area contributed by atoms with Gasteiger partial charge in [-0.25, -0.2) is 4.98 Å². The van der Waals surface area contributed by atoms with Crippen LogP contribution in [-0.4, -0.2) is 12.0 Å². The lowest BCUT2D eigenvalue weighted by Crippen LogP contribution is -2.10. The van der Waals surface area contributed by atoms with Crippen molar-refractivity contribution in [2.24, 2.45) is 0 Å². The molecule has 1 unspecified atom stereocenters. The van der Waals surface area contributed by atoms with Crippen LogP contribution in [0.3, 0.4) is 0 Å². The summed E-state index contributed by atoms with van der Waals surface area (Å²) in [6.45, 7) is 2.09. The third kappa shape index (κ3) is 2.80. The molecule has 2 aromatic rings. The second-order valence-corrected chi connectivity index (χ2v) is 5.61. The van der Waals surface area contributed by atoms with Gasteiger partial charge in [-0.3, -0.25) is 0 Å². The van der Waals surface area contributed by atoms with E-state index in [9.17, 15) is 0 Å². The Balaban J connectivity index is 2.40. The Morgan fingerprint density at radius 1 is 1.35 bits per heavy atom. The van der Waals surface area contributed by atoms with Crippen molar-refractivity contribution in [3.05, 3.63) is 39.3 Å². The standard InChI is InChI=1S/C12H12Cl2N2S/c1-7(15-2)11-6-16-12(17-11)9-5-8(13)3-4-10(9)14/h3-7,15H,1-2H3. The molecule has 0 saturated heterocycles. The van der Waals surface area contributed by atoms with Crippen molar-refractivity contribution in [3.63, 3.8) is 0 Å². The molecule has 17 heavy (non-hydrogen) atoms. The molecule has 1 atom stereocenters. The fourth-order valence-corrected chi connectivity index (χ4v) is 2.86. The number of halogens is 2. The number of aromatic nitrogens is 1. The zero-order valence-electron chi connectivity index (χ0n) is 9.50. The zero-order valence-corrected chi connectivity index (χ0v) is 11.8. The molecule has 2 rings (SSSR count). The van der Waals surface area contributed by atoms with Crippen LogP contribution in [0.4, 0.5) is 0 Å². The summed E-state index contributed by atoms with van der Waals surface area (Å²) < 4.78 is 0. The minimum Gasteiger partial charge on any atom is -0.312 e. The number of hydrogen-bond acceptors (Lipinski definition) is 3. The van der Waals surface area contributed by atoms with E-state index in [1.807, 2.05) is 19.3 Å². The van der Waals surface area contributed by atoms with Crippen LogP contribution in [0.25, 0.3) is 10.6 Å². The molecule has 0 aliphatic heterocycles. The molecule has 0 fully saturated rings. The monoisotopic (exact) mass is 286 g/mol. The van der Waals surface area contributed by atoms with Crippen molar-refractivity contribution in [3.8, 4) is 10.6 Å². The highest BCUT2D eigenvalue weighted by Crippen LogP contribution is 2.34. The van der Waals surface area contributed by atoms with E-state index in [0.717, 1.165) is 10.6 Å². The zero-order chi connectivity index (χ0) is 12.4. The number of thiazole rings is 1. The maximum atomic E-state index is 6.15. The normalized spacial score (nSPS) is 12.7. The summed E-state index contributed by atoms with van der Waals surface area (Å²) in [5, 5.41) is 5.42. The van der Waals surface area contributed by atoms with E-state index in [1.165, 1.54) is 4.88 Å². The summed E-state index contributed by atoms with van der Waals surface area (Å²) in [7, 11) is 1.93. The van der Waals surface area contributed by atoms with Gasteiger partial charge in [0.15, 0.2) is 0 Å². The SMILES string of the molecule is CNC(C)c1cnc(-c2cc(Cl)ccc2Cl)s1. The van der Waals surface area contributed by atoms with Crippen LogP contribution >= 0.6 is 34.5 Å². The number of hydrogen-bond donors (Lipinski definition) is 1. The van der Waals surface area contributed by atoms with Crippen molar-refractivity contribution in [2.75, 3.05) is 7.05 Å². The van der Waals surface area contributed by atoms with Crippen LogP contribution in [0.15, 0.2) is 24.4 Å². The molecule has 0 aliphatic rings. The lowest BCUT2D eigenvalue weighted by Gasteiger charge is -2.05. The first-order valence-corrected chi connectivity index (χ1v) is 6.77. The summed E-state index contributed by atoms with van der Waals surface area (Å²) in [4.78, 5) is 5.57. The molecule has 0 bridgehead atoms. The Labute approximate surface area is 115 Å². The largest absolute Gasteiger partial charge is 0.312 e. The van der Waals surface area contributed by atoms with Crippen molar-refractivity contribution in [1.82, 2.24) is 10.3 Å². The Bertz CT molecular complexity index is 525. The van der Waals surface area contributed by atoms with E-state index in [0.29, 0.717) is 16.1 Å². The number of benzene rings is 1. The summed E-state index contributed by atoms with van der Waals surface area (Å²) in [6.07, 6.45) is 1.87. The first kappa shape index (κ1) is 12.8. The van der Waals surface area contributed by atoms with Gasteiger partial charge < -0.3 is 5.32 Å². The maximum absolute atomic E-state index is 6.15. The van der Waals surface area contributed by atoms with Gasteiger partial charge in [-0.1, -0.05) is 23.2 Å². The van der Waals surface area contributed by atoms with Crippen LogP contribution in [0, 0.1) is 0 Å². The Morgan fingerprint density at radius 2 is 2.12 bits per heavy atom. The van der Waals surface area contributed by atoms with Gasteiger partial charge in [-0.05, 0) is 32.2 Å². The van der Waals surface area contributed by atoms with Gasteiger partial charge in [0, 0.05) is 27.7 Å². The third-order valence-corrected chi connectivity index (χ3v) is 4.32. The van der Waals surface area contributed by atoms with Gasteiger partial charge >= 0.3 is 0 Å². The predicted octanol–water partition coefficient (Wildman–Crippen LogP) is 4.40. The van der Waals surface area contributed by atoms with Gasteiger partial charge in [0.25, 0.3) is 0 Å². The van der Waals surface area contributed by atoms with Gasteiger partial charge in [0.2, 0.25) is 0 Å². The average Bonchev–Trinajstić information content (AvgIpc) is 2.80. The number of rotatable bonds is 3. The molecule has 5 heteroatoms. The van der Waals surface area contributed by atoms with E-state index in [4.69, 9.17) is 23.2 Å². The lowest BCUT2D eigenvalue weighted by atomic mass is 10.2. The molecule has 1 aromatic heterocycles. The summed E-state index contributed by atoms with van der Waals surface area (Å²) in [5.41, 5.74) is 0.888. The van der Waals surface area contributed by atoms with Crippen LogP contribution in [0.1, 0.15) is 17.8 Å². The predicted molar refractivity (Wildman–Crippen MR) is 75.0 cm³/mol. The van der Waals surface area contributed by atoms with E-state index < -0.39 is 0 Å². The second-order valence-electron chi connectivity index (χ2n) is 3.70. The van der Waals surface area contributed by atoms with Crippen LogP contribution in [-0.2, 0) is 0 Å². The molecule has 1 aromatic carbocycles. The molecule has 90 valence electrons. The molecular weight excluding hydrogens is 275 g/mol. The van der Waals surface area contributed by atoms with Crippen molar-refractivity contribution < 1.29 is 0 Å². The van der Waals surface area contributed by atoms with Gasteiger partial charge in [-0.2, -0.15) is 0 Å². The third-order valence-electron chi connectivity index (χ3n) is 2.54. The van der Waals surface area contributed by atoms with Gasteiger partial charge in [-0.15, -0.1) is 11.3 Å². The van der Waals surface area contributed by atoms with E-state index in [1.54, 1.807) is 23.5 Å². The van der Waals surface area contributed by atoms with Crippen molar-refractivity contribution in [2.45, 2.75) is 13.0 Å². The first-order valence-electron chi connectivity index (χ1n) is 5.20. The Morgan fingerprint density at radius 3 is 2.82 bits per heavy atom. The number of nitrogens with zero attached hydrogens (tertiary/aromatic N) is 1. The minimum absolute atomic E-state index is 0.291. The highest BCUT2D eigenvalue weighted by molar-refractivity contribution is 7.15. The van der Waals surface area contributed by atoms with E-state index in [2.05, 4.69) is 17.2 Å². The van der Waals surface area contributed by atoms with Crippen LogP contribution in [0.2, 0.25) is 10.0 Å². The van der Waals surface area contributed by atoms with Crippen LogP contribution < -0.4 is 5.32 Å².